The van der Waals surface area contributed by atoms with Crippen molar-refractivity contribution in [2.45, 2.75) is 32.2 Å². The molecule has 90 valence electrons. The number of hydrogen-bond acceptors (Lipinski definition) is 2. The Morgan fingerprint density at radius 2 is 1.94 bits per heavy atom. The van der Waals surface area contributed by atoms with Crippen LogP contribution < -0.4 is 5.32 Å². The quantitative estimate of drug-likeness (QED) is 0.778. The highest BCUT2D eigenvalue weighted by Gasteiger charge is 2.47. The molecule has 1 amide bonds. The van der Waals surface area contributed by atoms with Gasteiger partial charge >= 0.3 is 0 Å². The molecule has 0 radical (unpaired) electrons. The van der Waals surface area contributed by atoms with Crippen LogP contribution in [0, 0.1) is 6.92 Å². The second-order valence-corrected chi connectivity index (χ2v) is 5.35. The average molecular weight is 252 g/mol. The molecule has 0 spiro atoms. The predicted octanol–water partition coefficient (Wildman–Crippen LogP) is 2.21. The number of Topliss-reactive ketones (excluding diaryl/α,β-unsaturated/α-hetero) is 1. The van der Waals surface area contributed by atoms with Gasteiger partial charge in [0, 0.05) is 5.02 Å². The molecule has 17 heavy (non-hydrogen) atoms. The Morgan fingerprint density at radius 3 is 2.47 bits per heavy atom. The monoisotopic (exact) mass is 251 g/mol. The Balaban J connectivity index is 2.51. The Labute approximate surface area is 105 Å². The van der Waals surface area contributed by atoms with Crippen molar-refractivity contribution in [1.82, 2.24) is 5.32 Å². The highest BCUT2D eigenvalue weighted by molar-refractivity contribution is 6.30. The largest absolute Gasteiger partial charge is 0.343 e. The van der Waals surface area contributed by atoms with Crippen LogP contribution in [0.5, 0.6) is 0 Å². The minimum Gasteiger partial charge on any atom is -0.343 e. The Morgan fingerprint density at radius 1 is 1.29 bits per heavy atom. The third-order valence-electron chi connectivity index (χ3n) is 3.13. The molecular weight excluding hydrogens is 238 g/mol. The van der Waals surface area contributed by atoms with Gasteiger partial charge in [0.25, 0.3) is 0 Å². The molecule has 1 aromatic carbocycles. The number of halogens is 1. The number of amides is 1. The summed E-state index contributed by atoms with van der Waals surface area (Å²) in [4.78, 5) is 24.1. The fourth-order valence-corrected chi connectivity index (χ4v) is 2.31. The number of hydrogen-bond donors (Lipinski definition) is 1. The summed E-state index contributed by atoms with van der Waals surface area (Å²) in [5.41, 5.74) is 0.808. The number of ketones is 1. The number of carbonyl (C=O) groups is 2. The van der Waals surface area contributed by atoms with Crippen LogP contribution in [0.15, 0.2) is 18.2 Å². The van der Waals surface area contributed by atoms with Crippen LogP contribution in [0.4, 0.5) is 0 Å². The van der Waals surface area contributed by atoms with Gasteiger partial charge in [0.1, 0.15) is 5.92 Å². The van der Waals surface area contributed by atoms with Crippen LogP contribution >= 0.6 is 11.6 Å². The number of aryl methyl sites for hydroxylation is 1. The van der Waals surface area contributed by atoms with Crippen molar-refractivity contribution in [1.29, 1.82) is 0 Å². The topological polar surface area (TPSA) is 46.2 Å². The van der Waals surface area contributed by atoms with E-state index in [-0.39, 0.29) is 11.7 Å². The van der Waals surface area contributed by atoms with Crippen LogP contribution in [0.1, 0.15) is 30.9 Å². The molecule has 0 bridgehead atoms. The Hall–Kier alpha value is -1.35. The maximum atomic E-state index is 12.2. The van der Waals surface area contributed by atoms with E-state index in [1.54, 1.807) is 26.0 Å². The van der Waals surface area contributed by atoms with Crippen LogP contribution in [0.2, 0.25) is 5.02 Å². The molecule has 1 heterocycles. The minimum absolute atomic E-state index is 0.104. The summed E-state index contributed by atoms with van der Waals surface area (Å²) < 4.78 is 0. The highest BCUT2D eigenvalue weighted by atomic mass is 35.5. The van der Waals surface area contributed by atoms with E-state index in [1.807, 2.05) is 13.0 Å². The fourth-order valence-electron chi connectivity index (χ4n) is 2.13. The van der Waals surface area contributed by atoms with Crippen LogP contribution in [0.25, 0.3) is 0 Å². The van der Waals surface area contributed by atoms with E-state index in [9.17, 15) is 9.59 Å². The van der Waals surface area contributed by atoms with Crippen LogP contribution in [-0.2, 0) is 9.59 Å². The van der Waals surface area contributed by atoms with Crippen molar-refractivity contribution < 1.29 is 9.59 Å². The lowest BCUT2D eigenvalue weighted by atomic mass is 9.87. The summed E-state index contributed by atoms with van der Waals surface area (Å²) in [5.74, 6) is -1.08. The van der Waals surface area contributed by atoms with E-state index < -0.39 is 11.5 Å². The van der Waals surface area contributed by atoms with Gasteiger partial charge in [-0.3, -0.25) is 9.59 Å². The second kappa shape index (κ2) is 3.84. The van der Waals surface area contributed by atoms with Crippen molar-refractivity contribution in [3.63, 3.8) is 0 Å². The third-order valence-corrected chi connectivity index (χ3v) is 3.36. The summed E-state index contributed by atoms with van der Waals surface area (Å²) in [6.07, 6.45) is 0. The molecule has 0 aliphatic carbocycles. The number of carbonyl (C=O) groups excluding carboxylic acids is 2. The van der Waals surface area contributed by atoms with Crippen molar-refractivity contribution in [2.24, 2.45) is 0 Å². The van der Waals surface area contributed by atoms with E-state index in [0.29, 0.717) is 10.6 Å². The molecular formula is C13H14ClNO2. The average Bonchev–Trinajstić information content (AvgIpc) is 2.41. The molecule has 0 aromatic heterocycles. The maximum Gasteiger partial charge on any atom is 0.235 e. The first-order valence-electron chi connectivity index (χ1n) is 5.45. The van der Waals surface area contributed by atoms with E-state index in [2.05, 4.69) is 5.32 Å². The minimum atomic E-state index is -0.795. The van der Waals surface area contributed by atoms with Gasteiger partial charge in [0.05, 0.1) is 5.54 Å². The third kappa shape index (κ3) is 1.95. The molecule has 1 aromatic rings. The first kappa shape index (κ1) is 12.1. The summed E-state index contributed by atoms with van der Waals surface area (Å²) in [6.45, 7) is 5.30. The molecule has 1 aliphatic heterocycles. The van der Waals surface area contributed by atoms with Gasteiger partial charge in [-0.25, -0.2) is 0 Å². The smallest absolute Gasteiger partial charge is 0.235 e. The van der Waals surface area contributed by atoms with Gasteiger partial charge in [-0.1, -0.05) is 17.7 Å². The molecule has 1 fully saturated rings. The van der Waals surface area contributed by atoms with Gasteiger partial charge in [-0.2, -0.15) is 0 Å². The molecule has 2 rings (SSSR count). The SMILES string of the molecule is Cc1ccc(Cl)cc1C1C(=O)NC(C)(C)C1=O. The lowest BCUT2D eigenvalue weighted by molar-refractivity contribution is -0.125. The summed E-state index contributed by atoms with van der Waals surface area (Å²) in [7, 11) is 0. The van der Waals surface area contributed by atoms with Gasteiger partial charge in [-0.05, 0) is 44.0 Å². The van der Waals surface area contributed by atoms with Gasteiger partial charge < -0.3 is 5.32 Å². The van der Waals surface area contributed by atoms with E-state index in [0.717, 1.165) is 5.56 Å². The zero-order chi connectivity index (χ0) is 12.8. The van der Waals surface area contributed by atoms with E-state index >= 15 is 0 Å². The summed E-state index contributed by atoms with van der Waals surface area (Å²) in [5, 5.41) is 3.24. The number of benzene rings is 1. The van der Waals surface area contributed by atoms with Crippen LogP contribution in [-0.4, -0.2) is 17.2 Å². The lowest BCUT2D eigenvalue weighted by Crippen LogP contribution is -2.39. The fraction of sp³-hybridized carbons (Fsp3) is 0.385. The van der Waals surface area contributed by atoms with Crippen molar-refractivity contribution in [3.05, 3.63) is 34.3 Å². The molecule has 1 atom stereocenters. The van der Waals surface area contributed by atoms with Crippen LogP contribution in [0.3, 0.4) is 0 Å². The van der Waals surface area contributed by atoms with Crippen molar-refractivity contribution >= 4 is 23.3 Å². The molecule has 1 unspecified atom stereocenters. The summed E-state index contributed by atoms with van der Waals surface area (Å²) in [6, 6.07) is 5.27. The van der Waals surface area contributed by atoms with E-state index in [1.165, 1.54) is 0 Å². The van der Waals surface area contributed by atoms with Gasteiger partial charge in [0.15, 0.2) is 5.78 Å². The molecule has 1 saturated heterocycles. The molecule has 1 aliphatic rings. The molecule has 1 N–H and O–H groups in total. The van der Waals surface area contributed by atoms with Crippen molar-refractivity contribution in [2.75, 3.05) is 0 Å². The Bertz CT molecular complexity index is 508. The molecule has 3 nitrogen and oxygen atoms in total. The first-order valence-corrected chi connectivity index (χ1v) is 5.83. The number of nitrogens with one attached hydrogen (secondary N) is 1. The highest BCUT2D eigenvalue weighted by Crippen LogP contribution is 2.32. The summed E-state index contributed by atoms with van der Waals surface area (Å²) >= 11 is 5.92. The van der Waals surface area contributed by atoms with Crippen molar-refractivity contribution in [3.8, 4) is 0 Å². The number of rotatable bonds is 1. The first-order chi connectivity index (χ1) is 7.83. The molecule has 4 heteroatoms. The normalized spacial score (nSPS) is 22.7. The predicted molar refractivity (Wildman–Crippen MR) is 66.2 cm³/mol. The zero-order valence-electron chi connectivity index (χ0n) is 10.0. The molecule has 0 saturated carbocycles. The van der Waals surface area contributed by atoms with Gasteiger partial charge in [-0.15, -0.1) is 0 Å². The van der Waals surface area contributed by atoms with E-state index in [4.69, 9.17) is 11.6 Å². The standard InChI is InChI=1S/C13H14ClNO2/c1-7-4-5-8(14)6-9(7)10-11(16)13(2,3)15-12(10)17/h4-6,10H,1-3H3,(H,15,17). The zero-order valence-corrected chi connectivity index (χ0v) is 10.8. The Kier molecular flexibility index (Phi) is 2.74. The maximum absolute atomic E-state index is 12.2. The lowest BCUT2D eigenvalue weighted by Gasteiger charge is -2.15. The second-order valence-electron chi connectivity index (χ2n) is 4.91. The van der Waals surface area contributed by atoms with Gasteiger partial charge in [0.2, 0.25) is 5.91 Å².